The van der Waals surface area contributed by atoms with E-state index in [4.69, 9.17) is 15.0 Å². The summed E-state index contributed by atoms with van der Waals surface area (Å²) in [5.74, 6) is 1.72. The molecule has 10 aromatic rings. The van der Waals surface area contributed by atoms with Crippen LogP contribution in [0.15, 0.2) is 201 Å². The lowest BCUT2D eigenvalue weighted by atomic mass is 10.0. The molecule has 10 rings (SSSR count). The summed E-state index contributed by atoms with van der Waals surface area (Å²) < 4.78 is 4.59. The average molecular weight is 718 g/mol. The monoisotopic (exact) mass is 717 g/mol. The van der Waals surface area contributed by atoms with Gasteiger partial charge in [0.15, 0.2) is 11.6 Å². The Kier molecular flexibility index (Phi) is 8.04. The highest BCUT2D eigenvalue weighted by Crippen LogP contribution is 2.42. The van der Waals surface area contributed by atoms with Crippen molar-refractivity contribution in [2.24, 2.45) is 0 Å². The van der Waals surface area contributed by atoms with Gasteiger partial charge in [0.2, 0.25) is 5.95 Å². The summed E-state index contributed by atoms with van der Waals surface area (Å²) in [4.78, 5) is 15.8. The van der Waals surface area contributed by atoms with Crippen LogP contribution >= 0.6 is 0 Å². The number of allylic oxidation sites excluding steroid dienone is 4. The molecular weight excluding hydrogens is 683 g/mol. The van der Waals surface area contributed by atoms with Crippen molar-refractivity contribution >= 4 is 49.2 Å². The van der Waals surface area contributed by atoms with Gasteiger partial charge in [0.05, 0.1) is 22.1 Å². The van der Waals surface area contributed by atoms with E-state index in [1.807, 2.05) is 18.2 Å². The number of fused-ring (bicyclic) bond motifs is 7. The SMILES string of the molecule is C=C/C=C(\C=C)c1ccc(-c2nc(-c3cccc(-c4ccccc4)c3)nc(-n3c4ccccc4c4ccc5c(c6ccccc6n5-c5ccccc5)c43)n2)cc1. The summed E-state index contributed by atoms with van der Waals surface area (Å²) in [7, 11) is 0. The van der Waals surface area contributed by atoms with Crippen LogP contribution in [0.4, 0.5) is 0 Å². The molecular formula is C51H35N5. The average Bonchev–Trinajstić information content (AvgIpc) is 3.79. The maximum Gasteiger partial charge on any atom is 0.238 e. The lowest BCUT2D eigenvalue weighted by molar-refractivity contribution is 0.955. The van der Waals surface area contributed by atoms with Gasteiger partial charge in [-0.25, -0.2) is 4.98 Å². The van der Waals surface area contributed by atoms with E-state index in [2.05, 4.69) is 186 Å². The summed E-state index contributed by atoms with van der Waals surface area (Å²) >= 11 is 0. The smallest absolute Gasteiger partial charge is 0.238 e. The first-order valence-corrected chi connectivity index (χ1v) is 18.7. The van der Waals surface area contributed by atoms with E-state index >= 15 is 0 Å². The van der Waals surface area contributed by atoms with E-state index in [1.54, 1.807) is 6.08 Å². The van der Waals surface area contributed by atoms with Crippen LogP contribution in [0, 0.1) is 0 Å². The van der Waals surface area contributed by atoms with Gasteiger partial charge in [-0.1, -0.05) is 165 Å². The van der Waals surface area contributed by atoms with Crippen LogP contribution in [0.1, 0.15) is 5.56 Å². The normalized spacial score (nSPS) is 11.8. The molecule has 5 heteroatoms. The van der Waals surface area contributed by atoms with Gasteiger partial charge in [0, 0.05) is 38.4 Å². The molecule has 3 heterocycles. The van der Waals surface area contributed by atoms with Crippen molar-refractivity contribution in [1.29, 1.82) is 0 Å². The molecule has 0 saturated heterocycles. The van der Waals surface area contributed by atoms with Crippen molar-refractivity contribution in [1.82, 2.24) is 24.1 Å². The zero-order chi connectivity index (χ0) is 37.6. The summed E-state index contributed by atoms with van der Waals surface area (Å²) in [5.41, 5.74) is 11.5. The van der Waals surface area contributed by atoms with Crippen molar-refractivity contribution < 1.29 is 0 Å². The van der Waals surface area contributed by atoms with Gasteiger partial charge in [-0.2, -0.15) is 9.97 Å². The summed E-state index contributed by atoms with van der Waals surface area (Å²) in [5, 5.41) is 4.56. The largest absolute Gasteiger partial charge is 0.309 e. The quantitative estimate of drug-likeness (QED) is 0.147. The molecule has 264 valence electrons. The van der Waals surface area contributed by atoms with Gasteiger partial charge in [-0.05, 0) is 58.7 Å². The minimum atomic E-state index is 0.549. The molecule has 56 heavy (non-hydrogen) atoms. The molecule has 0 unspecified atom stereocenters. The zero-order valence-corrected chi connectivity index (χ0v) is 30.5. The van der Waals surface area contributed by atoms with Crippen LogP contribution in [-0.4, -0.2) is 24.1 Å². The summed E-state index contributed by atoms with van der Waals surface area (Å²) in [6, 6.07) is 59.4. The van der Waals surface area contributed by atoms with Crippen molar-refractivity contribution in [3.8, 4) is 45.5 Å². The van der Waals surface area contributed by atoms with Crippen molar-refractivity contribution in [3.63, 3.8) is 0 Å². The van der Waals surface area contributed by atoms with Gasteiger partial charge in [0.25, 0.3) is 0 Å². The number of para-hydroxylation sites is 3. The molecule has 0 bridgehead atoms. The van der Waals surface area contributed by atoms with E-state index in [1.165, 1.54) is 0 Å². The highest BCUT2D eigenvalue weighted by Gasteiger charge is 2.23. The second-order valence-corrected chi connectivity index (χ2v) is 13.8. The van der Waals surface area contributed by atoms with Crippen molar-refractivity contribution in [3.05, 3.63) is 207 Å². The molecule has 0 spiro atoms. The first-order chi connectivity index (χ1) is 27.7. The van der Waals surface area contributed by atoms with Gasteiger partial charge in [0.1, 0.15) is 0 Å². The van der Waals surface area contributed by atoms with Crippen molar-refractivity contribution in [2.45, 2.75) is 0 Å². The Balaban J connectivity index is 1.28. The van der Waals surface area contributed by atoms with E-state index in [0.29, 0.717) is 17.6 Å². The van der Waals surface area contributed by atoms with Crippen LogP contribution < -0.4 is 0 Å². The second kappa shape index (κ2) is 13.7. The molecule has 7 aromatic carbocycles. The Morgan fingerprint density at radius 2 is 1.09 bits per heavy atom. The summed E-state index contributed by atoms with van der Waals surface area (Å²) in [6.45, 7) is 7.88. The third kappa shape index (κ3) is 5.45. The molecule has 0 saturated carbocycles. The van der Waals surface area contributed by atoms with Crippen LogP contribution in [0.2, 0.25) is 0 Å². The molecule has 0 atom stereocenters. The molecule has 0 fully saturated rings. The lowest BCUT2D eigenvalue weighted by Gasteiger charge is -2.13. The van der Waals surface area contributed by atoms with Crippen LogP contribution in [-0.2, 0) is 0 Å². The van der Waals surface area contributed by atoms with Gasteiger partial charge in [-0.15, -0.1) is 0 Å². The number of hydrogen-bond donors (Lipinski definition) is 0. The molecule has 0 amide bonds. The van der Waals surface area contributed by atoms with Gasteiger partial charge < -0.3 is 4.57 Å². The third-order valence-electron chi connectivity index (χ3n) is 10.5. The first kappa shape index (κ1) is 33.0. The number of hydrogen-bond acceptors (Lipinski definition) is 3. The Bertz CT molecular complexity index is 3150. The highest BCUT2D eigenvalue weighted by atomic mass is 15.2. The number of nitrogens with zero attached hydrogens (tertiary/aromatic N) is 5. The predicted molar refractivity (Wildman–Crippen MR) is 233 cm³/mol. The molecule has 0 aliphatic rings. The highest BCUT2D eigenvalue weighted by molar-refractivity contribution is 6.26. The van der Waals surface area contributed by atoms with E-state index in [-0.39, 0.29) is 0 Å². The minimum Gasteiger partial charge on any atom is -0.309 e. The Morgan fingerprint density at radius 3 is 1.82 bits per heavy atom. The van der Waals surface area contributed by atoms with Gasteiger partial charge >= 0.3 is 0 Å². The Hall–Kier alpha value is -7.63. The molecule has 0 aliphatic carbocycles. The van der Waals surface area contributed by atoms with E-state index in [9.17, 15) is 0 Å². The molecule has 0 aliphatic heterocycles. The third-order valence-corrected chi connectivity index (χ3v) is 10.5. The fourth-order valence-electron chi connectivity index (χ4n) is 7.98. The second-order valence-electron chi connectivity index (χ2n) is 13.8. The minimum absolute atomic E-state index is 0.549. The fraction of sp³-hybridized carbons (Fsp3) is 0. The van der Waals surface area contributed by atoms with Crippen LogP contribution in [0.3, 0.4) is 0 Å². The molecule has 0 radical (unpaired) electrons. The maximum atomic E-state index is 5.34. The zero-order valence-electron chi connectivity index (χ0n) is 30.5. The Labute approximate surface area is 324 Å². The number of benzene rings is 7. The van der Waals surface area contributed by atoms with E-state index in [0.717, 1.165) is 82.7 Å². The van der Waals surface area contributed by atoms with Crippen LogP contribution in [0.25, 0.3) is 94.7 Å². The Morgan fingerprint density at radius 1 is 0.464 bits per heavy atom. The van der Waals surface area contributed by atoms with E-state index < -0.39 is 0 Å². The number of aromatic nitrogens is 5. The maximum absolute atomic E-state index is 5.34. The van der Waals surface area contributed by atoms with Gasteiger partial charge in [-0.3, -0.25) is 4.57 Å². The lowest BCUT2D eigenvalue weighted by Crippen LogP contribution is -2.06. The molecule has 5 nitrogen and oxygen atoms in total. The molecule has 0 N–H and O–H groups in total. The van der Waals surface area contributed by atoms with Crippen molar-refractivity contribution in [2.75, 3.05) is 0 Å². The van der Waals surface area contributed by atoms with Crippen LogP contribution in [0.5, 0.6) is 0 Å². The number of rotatable bonds is 8. The topological polar surface area (TPSA) is 48.5 Å². The molecule has 3 aromatic heterocycles. The first-order valence-electron chi connectivity index (χ1n) is 18.7. The summed E-state index contributed by atoms with van der Waals surface area (Å²) in [6.07, 6.45) is 5.57. The fourth-order valence-corrected chi connectivity index (χ4v) is 7.98. The predicted octanol–water partition coefficient (Wildman–Crippen LogP) is 12.8. The standard InChI is InChI=1S/C51H35N5/c1-3-16-34(4-2)36-27-29-37(30-28-36)49-52-50(39-20-15-19-38(33-39)35-17-7-5-8-18-35)54-51(53-49)56-44-25-13-11-23-41(44)42-31-32-46-47(48(42)56)43-24-12-14-26-45(43)55(46)40-21-9-6-10-22-40/h3-33H,1-2H2/b34-16+.